The number of ketones is 1. The number of Topliss-reactive ketones (excluding diaryl/α,β-unsaturated/α-hetero) is 1. The predicted molar refractivity (Wildman–Crippen MR) is 75.0 cm³/mol. The maximum Gasteiger partial charge on any atom is 0.164 e. The monoisotopic (exact) mass is 245 g/mol. The molecule has 2 heteroatoms. The number of hydrogen-bond acceptors (Lipinski definition) is 2. The first kappa shape index (κ1) is 13.3. The Morgan fingerprint density at radius 2 is 2.06 bits per heavy atom. The van der Waals surface area contributed by atoms with Gasteiger partial charge in [-0.05, 0) is 44.8 Å². The largest absolute Gasteiger partial charge is 0.303 e. The van der Waals surface area contributed by atoms with Crippen LogP contribution in [0, 0.1) is 12.8 Å². The lowest BCUT2D eigenvalue weighted by Crippen LogP contribution is -2.34. The smallest absolute Gasteiger partial charge is 0.164 e. The Labute approximate surface area is 110 Å². The van der Waals surface area contributed by atoms with Gasteiger partial charge in [0.1, 0.15) is 0 Å². The minimum absolute atomic E-state index is 0.275. The second kappa shape index (κ2) is 6.14. The highest BCUT2D eigenvalue weighted by atomic mass is 16.1. The molecule has 1 saturated heterocycles. The predicted octanol–water partition coefficient (Wildman–Crippen LogP) is 3.30. The summed E-state index contributed by atoms with van der Waals surface area (Å²) in [5, 5.41) is 0. The van der Waals surface area contributed by atoms with Crippen LogP contribution in [0.15, 0.2) is 24.3 Å². The van der Waals surface area contributed by atoms with Crippen molar-refractivity contribution in [1.29, 1.82) is 0 Å². The van der Waals surface area contributed by atoms with Crippen LogP contribution in [0.5, 0.6) is 0 Å². The minimum atomic E-state index is 0.275. The maximum absolute atomic E-state index is 12.1. The highest BCUT2D eigenvalue weighted by Crippen LogP contribution is 2.16. The van der Waals surface area contributed by atoms with Crippen molar-refractivity contribution in [2.75, 3.05) is 19.6 Å². The fraction of sp³-hybridized carbons (Fsp3) is 0.562. The third kappa shape index (κ3) is 3.67. The van der Waals surface area contributed by atoms with Crippen LogP contribution in [-0.4, -0.2) is 30.3 Å². The van der Waals surface area contributed by atoms with Gasteiger partial charge >= 0.3 is 0 Å². The van der Waals surface area contributed by atoms with Crippen molar-refractivity contribution in [1.82, 2.24) is 4.90 Å². The third-order valence-corrected chi connectivity index (χ3v) is 3.87. The molecule has 1 fully saturated rings. The summed E-state index contributed by atoms with van der Waals surface area (Å²) in [6, 6.07) is 7.90. The summed E-state index contributed by atoms with van der Waals surface area (Å²) in [5.74, 6) is 1.13. The number of piperidine rings is 1. The van der Waals surface area contributed by atoms with Gasteiger partial charge in [0.05, 0.1) is 0 Å². The Kier molecular flexibility index (Phi) is 4.54. The van der Waals surface area contributed by atoms with Crippen LogP contribution in [0.4, 0.5) is 0 Å². The second-order valence-electron chi connectivity index (χ2n) is 5.57. The van der Waals surface area contributed by atoms with E-state index < -0.39 is 0 Å². The fourth-order valence-corrected chi connectivity index (χ4v) is 2.51. The molecule has 18 heavy (non-hydrogen) atoms. The summed E-state index contributed by atoms with van der Waals surface area (Å²) in [7, 11) is 0. The number of aryl methyl sites for hydroxylation is 1. The molecule has 0 radical (unpaired) electrons. The van der Waals surface area contributed by atoms with Crippen LogP contribution < -0.4 is 0 Å². The molecule has 0 N–H and O–H groups in total. The van der Waals surface area contributed by atoms with Gasteiger partial charge in [0.25, 0.3) is 0 Å². The van der Waals surface area contributed by atoms with E-state index in [0.29, 0.717) is 6.42 Å². The van der Waals surface area contributed by atoms with Crippen LogP contribution in [-0.2, 0) is 0 Å². The number of rotatable bonds is 4. The molecule has 2 rings (SSSR count). The van der Waals surface area contributed by atoms with Crippen molar-refractivity contribution in [3.05, 3.63) is 35.4 Å². The van der Waals surface area contributed by atoms with Crippen LogP contribution in [0.2, 0.25) is 0 Å². The topological polar surface area (TPSA) is 20.3 Å². The maximum atomic E-state index is 12.1. The number of carbonyl (C=O) groups excluding carboxylic acids is 1. The number of benzene rings is 1. The van der Waals surface area contributed by atoms with E-state index in [-0.39, 0.29) is 5.78 Å². The highest BCUT2D eigenvalue weighted by molar-refractivity contribution is 5.96. The standard InChI is InChI=1S/C16H23NO/c1-13-6-9-17(10-7-13)11-8-16(18)15-5-3-4-14(2)12-15/h3-5,12-13H,6-11H2,1-2H3. The van der Waals surface area contributed by atoms with Gasteiger partial charge in [-0.25, -0.2) is 0 Å². The molecule has 0 atom stereocenters. The first-order chi connectivity index (χ1) is 8.65. The number of carbonyl (C=O) groups is 1. The van der Waals surface area contributed by atoms with E-state index in [1.54, 1.807) is 0 Å². The lowest BCUT2D eigenvalue weighted by atomic mass is 9.98. The normalized spacial score (nSPS) is 17.9. The molecule has 1 heterocycles. The van der Waals surface area contributed by atoms with Gasteiger partial charge in [0.15, 0.2) is 5.78 Å². The van der Waals surface area contributed by atoms with Crippen LogP contribution in [0.1, 0.15) is 42.1 Å². The van der Waals surface area contributed by atoms with E-state index in [1.165, 1.54) is 12.8 Å². The van der Waals surface area contributed by atoms with Crippen molar-refractivity contribution in [2.24, 2.45) is 5.92 Å². The van der Waals surface area contributed by atoms with Gasteiger partial charge in [-0.2, -0.15) is 0 Å². The molecule has 1 aromatic rings. The zero-order chi connectivity index (χ0) is 13.0. The molecule has 0 aliphatic carbocycles. The SMILES string of the molecule is Cc1cccc(C(=O)CCN2CCC(C)CC2)c1. The summed E-state index contributed by atoms with van der Waals surface area (Å²) in [4.78, 5) is 14.5. The second-order valence-corrected chi connectivity index (χ2v) is 5.57. The Morgan fingerprint density at radius 3 is 2.72 bits per heavy atom. The molecule has 0 bridgehead atoms. The molecule has 0 amide bonds. The van der Waals surface area contributed by atoms with Gasteiger partial charge < -0.3 is 4.90 Å². The van der Waals surface area contributed by atoms with Crippen molar-refractivity contribution < 1.29 is 4.79 Å². The lowest BCUT2D eigenvalue weighted by Gasteiger charge is -2.29. The molecular formula is C16H23NO. The summed E-state index contributed by atoms with van der Waals surface area (Å²) in [5.41, 5.74) is 2.02. The van der Waals surface area contributed by atoms with Crippen LogP contribution >= 0.6 is 0 Å². The Bertz CT molecular complexity index is 405. The molecule has 1 aliphatic heterocycles. The third-order valence-electron chi connectivity index (χ3n) is 3.87. The van der Waals surface area contributed by atoms with E-state index in [2.05, 4.69) is 11.8 Å². The van der Waals surface area contributed by atoms with E-state index >= 15 is 0 Å². The highest BCUT2D eigenvalue weighted by Gasteiger charge is 2.16. The summed E-state index contributed by atoms with van der Waals surface area (Å²) in [6.45, 7) is 7.57. The molecule has 1 aliphatic rings. The van der Waals surface area contributed by atoms with E-state index in [0.717, 1.165) is 36.7 Å². The summed E-state index contributed by atoms with van der Waals surface area (Å²) >= 11 is 0. The summed E-state index contributed by atoms with van der Waals surface area (Å²) in [6.07, 6.45) is 3.20. The molecule has 98 valence electrons. The number of likely N-dealkylation sites (tertiary alicyclic amines) is 1. The van der Waals surface area contributed by atoms with Gasteiger partial charge in [-0.1, -0.05) is 30.7 Å². The quantitative estimate of drug-likeness (QED) is 0.759. The number of hydrogen-bond donors (Lipinski definition) is 0. The van der Waals surface area contributed by atoms with Crippen molar-refractivity contribution in [2.45, 2.75) is 33.1 Å². The first-order valence-electron chi connectivity index (χ1n) is 6.97. The zero-order valence-corrected chi connectivity index (χ0v) is 11.5. The molecule has 0 saturated carbocycles. The van der Waals surface area contributed by atoms with Crippen LogP contribution in [0.3, 0.4) is 0 Å². The molecular weight excluding hydrogens is 222 g/mol. The molecule has 1 aromatic carbocycles. The Morgan fingerprint density at radius 1 is 1.33 bits per heavy atom. The van der Waals surface area contributed by atoms with Gasteiger partial charge in [-0.3, -0.25) is 4.79 Å². The first-order valence-corrected chi connectivity index (χ1v) is 6.97. The molecule has 2 nitrogen and oxygen atoms in total. The van der Waals surface area contributed by atoms with Gasteiger partial charge in [-0.15, -0.1) is 0 Å². The van der Waals surface area contributed by atoms with E-state index in [9.17, 15) is 4.79 Å². The van der Waals surface area contributed by atoms with Crippen molar-refractivity contribution in [3.63, 3.8) is 0 Å². The minimum Gasteiger partial charge on any atom is -0.303 e. The van der Waals surface area contributed by atoms with Crippen molar-refractivity contribution in [3.8, 4) is 0 Å². The van der Waals surface area contributed by atoms with Crippen LogP contribution in [0.25, 0.3) is 0 Å². The van der Waals surface area contributed by atoms with Crippen molar-refractivity contribution >= 4 is 5.78 Å². The van der Waals surface area contributed by atoms with Gasteiger partial charge in [0, 0.05) is 18.5 Å². The molecule has 0 aromatic heterocycles. The summed E-state index contributed by atoms with van der Waals surface area (Å²) < 4.78 is 0. The average molecular weight is 245 g/mol. The zero-order valence-electron chi connectivity index (χ0n) is 11.5. The fourth-order valence-electron chi connectivity index (χ4n) is 2.51. The van der Waals surface area contributed by atoms with Gasteiger partial charge in [0.2, 0.25) is 0 Å². The molecule has 0 spiro atoms. The Hall–Kier alpha value is -1.15. The molecule has 0 unspecified atom stereocenters. The number of nitrogens with zero attached hydrogens (tertiary/aromatic N) is 1. The lowest BCUT2D eigenvalue weighted by molar-refractivity contribution is 0.0953. The average Bonchev–Trinajstić information content (AvgIpc) is 2.38. The van der Waals surface area contributed by atoms with E-state index in [1.807, 2.05) is 31.2 Å². The van der Waals surface area contributed by atoms with E-state index in [4.69, 9.17) is 0 Å². The Balaban J connectivity index is 1.81.